The average molecular weight is 331 g/mol. The third-order valence-electron chi connectivity index (χ3n) is 5.47. The van der Waals surface area contributed by atoms with E-state index in [1.807, 2.05) is 13.8 Å². The summed E-state index contributed by atoms with van der Waals surface area (Å²) in [6.07, 6.45) is 0.611. The maximum Gasteiger partial charge on any atom is 0.314 e. The minimum absolute atomic E-state index is 0.0649. The van der Waals surface area contributed by atoms with Gasteiger partial charge in [-0.05, 0) is 32.1 Å². The first-order chi connectivity index (χ1) is 10.7. The number of hydrogen-bond donors (Lipinski definition) is 0. The molecular formula is C17H27F2NO3. The molecule has 0 unspecified atom stereocenters. The molecule has 1 atom stereocenters. The van der Waals surface area contributed by atoms with Crippen molar-refractivity contribution in [3.05, 3.63) is 0 Å². The molecule has 0 aromatic carbocycles. The molecule has 0 N–H and O–H groups in total. The highest BCUT2D eigenvalue weighted by molar-refractivity contribution is 5.83. The van der Waals surface area contributed by atoms with E-state index in [2.05, 4.69) is 0 Å². The van der Waals surface area contributed by atoms with Crippen LogP contribution in [0.5, 0.6) is 0 Å². The number of carbonyl (C=O) groups excluding carboxylic acids is 2. The van der Waals surface area contributed by atoms with Crippen molar-refractivity contribution in [2.45, 2.75) is 58.8 Å². The van der Waals surface area contributed by atoms with Crippen molar-refractivity contribution >= 4 is 11.9 Å². The van der Waals surface area contributed by atoms with Crippen LogP contribution in [0.4, 0.5) is 8.78 Å². The van der Waals surface area contributed by atoms with Crippen molar-refractivity contribution in [3.63, 3.8) is 0 Å². The number of halogens is 2. The maximum atomic E-state index is 13.3. The zero-order chi connectivity index (χ0) is 17.3. The molecule has 23 heavy (non-hydrogen) atoms. The largest absolute Gasteiger partial charge is 0.466 e. The minimum atomic E-state index is -2.63. The van der Waals surface area contributed by atoms with Gasteiger partial charge < -0.3 is 9.64 Å². The highest BCUT2D eigenvalue weighted by Crippen LogP contribution is 2.42. The third-order valence-corrected chi connectivity index (χ3v) is 5.47. The van der Waals surface area contributed by atoms with Crippen LogP contribution in [0, 0.1) is 17.3 Å². The van der Waals surface area contributed by atoms with Crippen LogP contribution in [0.2, 0.25) is 0 Å². The number of carbonyl (C=O) groups is 2. The van der Waals surface area contributed by atoms with Crippen molar-refractivity contribution in [1.29, 1.82) is 0 Å². The van der Waals surface area contributed by atoms with Crippen LogP contribution in [0.1, 0.15) is 52.9 Å². The second kappa shape index (κ2) is 6.73. The Bertz CT molecular complexity index is 457. The third kappa shape index (κ3) is 3.66. The van der Waals surface area contributed by atoms with E-state index in [1.165, 1.54) is 0 Å². The predicted octanol–water partition coefficient (Wildman–Crippen LogP) is 3.25. The second-order valence-electron chi connectivity index (χ2n) is 7.17. The fourth-order valence-corrected chi connectivity index (χ4v) is 3.71. The summed E-state index contributed by atoms with van der Waals surface area (Å²) in [5.41, 5.74) is -0.662. The Kier molecular flexibility index (Phi) is 5.31. The van der Waals surface area contributed by atoms with E-state index >= 15 is 0 Å². The Morgan fingerprint density at radius 2 is 1.83 bits per heavy atom. The van der Waals surface area contributed by atoms with Gasteiger partial charge in [0.1, 0.15) is 0 Å². The fraction of sp³-hybridized carbons (Fsp3) is 0.882. The van der Waals surface area contributed by atoms with Crippen LogP contribution < -0.4 is 0 Å². The molecule has 1 heterocycles. The highest BCUT2D eigenvalue weighted by atomic mass is 19.3. The molecule has 1 aliphatic heterocycles. The smallest absolute Gasteiger partial charge is 0.314 e. The molecule has 1 saturated heterocycles. The van der Waals surface area contributed by atoms with Gasteiger partial charge in [0.05, 0.1) is 12.0 Å². The van der Waals surface area contributed by atoms with Crippen LogP contribution in [0.25, 0.3) is 0 Å². The van der Waals surface area contributed by atoms with Gasteiger partial charge >= 0.3 is 5.97 Å². The molecule has 0 radical (unpaired) electrons. The van der Waals surface area contributed by atoms with Crippen LogP contribution in [0.15, 0.2) is 0 Å². The summed E-state index contributed by atoms with van der Waals surface area (Å²) in [5, 5.41) is 0. The SMILES string of the molecule is CCOC(=O)[C@]1(C(C)C)CCN(C(=O)C2CCC(F)(F)CC2)C1. The number of rotatable bonds is 4. The molecule has 132 valence electrons. The Labute approximate surface area is 136 Å². The Morgan fingerprint density at radius 1 is 1.22 bits per heavy atom. The van der Waals surface area contributed by atoms with Gasteiger partial charge in [-0.2, -0.15) is 0 Å². The quantitative estimate of drug-likeness (QED) is 0.743. The molecule has 0 aromatic heterocycles. The van der Waals surface area contributed by atoms with Gasteiger partial charge in [-0.1, -0.05) is 13.8 Å². The van der Waals surface area contributed by atoms with E-state index in [0.29, 0.717) is 26.1 Å². The Balaban J connectivity index is 2.03. The normalized spacial score (nSPS) is 28.2. The summed E-state index contributed by atoms with van der Waals surface area (Å²) in [6.45, 7) is 6.86. The lowest BCUT2D eigenvalue weighted by Crippen LogP contribution is -2.44. The number of amides is 1. The standard InChI is InChI=1S/C17H27F2NO3/c1-4-23-15(22)16(12(2)3)9-10-20(11-16)14(21)13-5-7-17(18,19)8-6-13/h12-13H,4-11H2,1-3H3/t16-/m1/s1. The van der Waals surface area contributed by atoms with Crippen LogP contribution in [0.3, 0.4) is 0 Å². The fourth-order valence-electron chi connectivity index (χ4n) is 3.71. The summed E-state index contributed by atoms with van der Waals surface area (Å²) in [5.74, 6) is -3.23. The molecular weight excluding hydrogens is 304 g/mol. The van der Waals surface area contributed by atoms with Gasteiger partial charge in [-0.3, -0.25) is 9.59 Å². The van der Waals surface area contributed by atoms with Crippen molar-refractivity contribution in [3.8, 4) is 0 Å². The molecule has 1 saturated carbocycles. The molecule has 0 spiro atoms. The minimum Gasteiger partial charge on any atom is -0.466 e. The highest BCUT2D eigenvalue weighted by Gasteiger charge is 2.50. The molecule has 2 aliphatic rings. The van der Waals surface area contributed by atoms with Gasteiger partial charge in [-0.25, -0.2) is 8.78 Å². The molecule has 0 bridgehead atoms. The number of alkyl halides is 2. The molecule has 6 heteroatoms. The number of ether oxygens (including phenoxy) is 1. The molecule has 0 aromatic rings. The molecule has 1 aliphatic carbocycles. The lowest BCUT2D eigenvalue weighted by Gasteiger charge is -2.33. The van der Waals surface area contributed by atoms with Crippen molar-refractivity contribution < 1.29 is 23.1 Å². The van der Waals surface area contributed by atoms with E-state index in [4.69, 9.17) is 4.74 Å². The van der Waals surface area contributed by atoms with E-state index in [-0.39, 0.29) is 49.4 Å². The van der Waals surface area contributed by atoms with Crippen molar-refractivity contribution in [1.82, 2.24) is 4.90 Å². The lowest BCUT2D eigenvalue weighted by atomic mass is 9.76. The van der Waals surface area contributed by atoms with E-state index in [1.54, 1.807) is 11.8 Å². The van der Waals surface area contributed by atoms with Gasteiger partial charge in [-0.15, -0.1) is 0 Å². The van der Waals surface area contributed by atoms with Crippen molar-refractivity contribution in [2.75, 3.05) is 19.7 Å². The summed E-state index contributed by atoms with van der Waals surface area (Å²) in [4.78, 5) is 26.7. The van der Waals surface area contributed by atoms with Crippen LogP contribution in [-0.2, 0) is 14.3 Å². The Morgan fingerprint density at radius 3 is 2.35 bits per heavy atom. The molecule has 2 rings (SSSR count). The van der Waals surface area contributed by atoms with E-state index < -0.39 is 11.3 Å². The van der Waals surface area contributed by atoms with Crippen LogP contribution >= 0.6 is 0 Å². The number of nitrogens with zero attached hydrogens (tertiary/aromatic N) is 1. The number of esters is 1. The van der Waals surface area contributed by atoms with E-state index in [0.717, 1.165) is 0 Å². The van der Waals surface area contributed by atoms with Gasteiger partial charge in [0.15, 0.2) is 0 Å². The zero-order valence-electron chi connectivity index (χ0n) is 14.2. The summed E-state index contributed by atoms with van der Waals surface area (Å²) in [7, 11) is 0. The van der Waals surface area contributed by atoms with Gasteiger partial charge in [0.25, 0.3) is 0 Å². The first-order valence-electron chi connectivity index (χ1n) is 8.55. The Hall–Kier alpha value is -1.20. The second-order valence-corrected chi connectivity index (χ2v) is 7.17. The summed E-state index contributed by atoms with van der Waals surface area (Å²) >= 11 is 0. The van der Waals surface area contributed by atoms with Gasteiger partial charge in [0, 0.05) is 31.8 Å². The van der Waals surface area contributed by atoms with Crippen LogP contribution in [-0.4, -0.2) is 42.4 Å². The van der Waals surface area contributed by atoms with Crippen molar-refractivity contribution in [2.24, 2.45) is 17.3 Å². The van der Waals surface area contributed by atoms with E-state index in [9.17, 15) is 18.4 Å². The summed E-state index contributed by atoms with van der Waals surface area (Å²) < 4.78 is 31.7. The lowest BCUT2D eigenvalue weighted by molar-refractivity contribution is -0.158. The van der Waals surface area contributed by atoms with Gasteiger partial charge in [0.2, 0.25) is 11.8 Å². The molecule has 4 nitrogen and oxygen atoms in total. The first kappa shape index (κ1) is 18.1. The monoisotopic (exact) mass is 331 g/mol. The first-order valence-corrected chi connectivity index (χ1v) is 8.55. The zero-order valence-corrected chi connectivity index (χ0v) is 14.2. The number of hydrogen-bond acceptors (Lipinski definition) is 3. The molecule has 2 fully saturated rings. The molecule has 1 amide bonds. The predicted molar refractivity (Wildman–Crippen MR) is 82.0 cm³/mol. The average Bonchev–Trinajstić information content (AvgIpc) is 2.93. The number of likely N-dealkylation sites (tertiary alicyclic amines) is 1. The maximum absolute atomic E-state index is 13.3. The topological polar surface area (TPSA) is 46.6 Å². The summed E-state index contributed by atoms with van der Waals surface area (Å²) in [6, 6.07) is 0.